The fourth-order valence-corrected chi connectivity index (χ4v) is 3.38. The van der Waals surface area contributed by atoms with Crippen LogP contribution in [0.1, 0.15) is 37.9 Å². The van der Waals surface area contributed by atoms with Gasteiger partial charge < -0.3 is 14.8 Å². The number of aromatic nitrogens is 1. The Bertz CT molecular complexity index is 900. The molecule has 1 aliphatic heterocycles. The summed E-state index contributed by atoms with van der Waals surface area (Å²) in [5.41, 5.74) is 0.563. The maximum Gasteiger partial charge on any atom is 0.230 e. The zero-order valence-corrected chi connectivity index (χ0v) is 15.5. The molecule has 150 valence electrons. The molecule has 1 aliphatic rings. The van der Waals surface area contributed by atoms with Crippen LogP contribution in [-0.4, -0.2) is 33.0 Å². The summed E-state index contributed by atoms with van der Waals surface area (Å²) in [6.07, 6.45) is 1.71. The number of nitrogens with zero attached hydrogens (tertiary/aromatic N) is 3. The fraction of sp³-hybridized carbons (Fsp3) is 0.368. The minimum absolute atomic E-state index is 0.0372. The van der Waals surface area contributed by atoms with Crippen molar-refractivity contribution in [1.29, 1.82) is 0 Å². The van der Waals surface area contributed by atoms with Gasteiger partial charge in [0.05, 0.1) is 5.56 Å². The second kappa shape index (κ2) is 7.65. The van der Waals surface area contributed by atoms with Crippen LogP contribution in [0.15, 0.2) is 23.4 Å². The molecule has 1 aromatic heterocycles. The van der Waals surface area contributed by atoms with Crippen molar-refractivity contribution < 1.29 is 27.5 Å². The van der Waals surface area contributed by atoms with E-state index in [1.807, 2.05) is 18.7 Å². The first kappa shape index (κ1) is 19.9. The molecule has 0 radical (unpaired) electrons. The largest absolute Gasteiger partial charge is 0.432 e. The lowest BCUT2D eigenvalue weighted by atomic mass is 10.1. The normalized spacial score (nSPS) is 20.0. The standard InChI is InChI=1S/C19H19F4N3O2/c1-9-4-7-12(18(25-27)26-10(2)5-6-11(26)3)19(24-9)28-17-15(22)13(20)8-14(21)16(17)23/h4,7-8,10-11,27H,5-6H2,1-3H3/b25-18-. The smallest absolute Gasteiger partial charge is 0.230 e. The van der Waals surface area contributed by atoms with Gasteiger partial charge in [0.1, 0.15) is 0 Å². The summed E-state index contributed by atoms with van der Waals surface area (Å²) in [7, 11) is 0. The number of oxime groups is 1. The third-order valence-electron chi connectivity index (χ3n) is 4.80. The summed E-state index contributed by atoms with van der Waals surface area (Å²) in [5, 5.41) is 13.0. The van der Waals surface area contributed by atoms with Gasteiger partial charge in [0, 0.05) is 23.8 Å². The highest BCUT2D eigenvalue weighted by molar-refractivity contribution is 6.01. The van der Waals surface area contributed by atoms with Gasteiger partial charge in [0.25, 0.3) is 0 Å². The second-order valence-electron chi connectivity index (χ2n) is 6.81. The van der Waals surface area contributed by atoms with E-state index in [4.69, 9.17) is 4.74 Å². The van der Waals surface area contributed by atoms with Crippen molar-refractivity contribution >= 4 is 5.84 Å². The van der Waals surface area contributed by atoms with E-state index in [2.05, 4.69) is 10.1 Å². The van der Waals surface area contributed by atoms with Crippen molar-refractivity contribution in [1.82, 2.24) is 9.88 Å². The van der Waals surface area contributed by atoms with E-state index in [1.165, 1.54) is 6.07 Å². The van der Waals surface area contributed by atoms with Crippen LogP contribution >= 0.6 is 0 Å². The summed E-state index contributed by atoms with van der Waals surface area (Å²) in [5.74, 6) is -8.05. The Balaban J connectivity index is 2.10. The number of benzene rings is 1. The van der Waals surface area contributed by atoms with E-state index >= 15 is 0 Å². The molecule has 0 aliphatic carbocycles. The number of aryl methyl sites for hydroxylation is 1. The molecule has 1 N–H and O–H groups in total. The lowest BCUT2D eigenvalue weighted by molar-refractivity contribution is 0.281. The molecule has 2 unspecified atom stereocenters. The van der Waals surface area contributed by atoms with Gasteiger partial charge in [0.2, 0.25) is 23.3 Å². The van der Waals surface area contributed by atoms with Gasteiger partial charge in [-0.1, -0.05) is 5.16 Å². The Kier molecular flexibility index (Phi) is 5.44. The van der Waals surface area contributed by atoms with E-state index < -0.39 is 29.0 Å². The third-order valence-corrected chi connectivity index (χ3v) is 4.80. The lowest BCUT2D eigenvalue weighted by Gasteiger charge is -2.29. The molecule has 1 saturated heterocycles. The number of likely N-dealkylation sites (tertiary alicyclic amines) is 1. The SMILES string of the molecule is Cc1ccc(/C(=N/O)N2C(C)CCC2C)c(Oc2c(F)c(F)cc(F)c2F)n1. The molecular weight excluding hydrogens is 378 g/mol. The summed E-state index contributed by atoms with van der Waals surface area (Å²) < 4.78 is 60.3. The minimum Gasteiger partial charge on any atom is -0.432 e. The number of hydrogen-bond acceptors (Lipinski definition) is 4. The third kappa shape index (κ3) is 3.48. The van der Waals surface area contributed by atoms with Gasteiger partial charge in [-0.15, -0.1) is 0 Å². The first-order valence-corrected chi connectivity index (χ1v) is 8.73. The molecule has 0 amide bonds. The van der Waals surface area contributed by atoms with Crippen LogP contribution in [-0.2, 0) is 0 Å². The van der Waals surface area contributed by atoms with Crippen molar-refractivity contribution in [3.05, 3.63) is 52.7 Å². The van der Waals surface area contributed by atoms with Crippen LogP contribution in [0, 0.1) is 30.2 Å². The zero-order chi connectivity index (χ0) is 20.6. The summed E-state index contributed by atoms with van der Waals surface area (Å²) in [6, 6.07) is 3.27. The maximum atomic E-state index is 14.0. The van der Waals surface area contributed by atoms with Crippen molar-refractivity contribution in [2.75, 3.05) is 0 Å². The van der Waals surface area contributed by atoms with E-state index in [0.717, 1.165) is 12.8 Å². The predicted octanol–water partition coefficient (Wildman–Crippen LogP) is 4.75. The van der Waals surface area contributed by atoms with Crippen molar-refractivity contribution in [3.8, 4) is 11.6 Å². The first-order valence-electron chi connectivity index (χ1n) is 8.73. The molecule has 2 heterocycles. The van der Waals surface area contributed by atoms with E-state index in [0.29, 0.717) is 5.69 Å². The van der Waals surface area contributed by atoms with Gasteiger partial charge in [-0.3, -0.25) is 0 Å². The van der Waals surface area contributed by atoms with Crippen LogP contribution in [0.3, 0.4) is 0 Å². The highest BCUT2D eigenvalue weighted by Gasteiger charge is 2.33. The van der Waals surface area contributed by atoms with E-state index in [1.54, 1.807) is 13.0 Å². The Labute approximate surface area is 159 Å². The summed E-state index contributed by atoms with van der Waals surface area (Å²) in [6.45, 7) is 5.49. The lowest BCUT2D eigenvalue weighted by Crippen LogP contribution is -2.39. The minimum atomic E-state index is -1.68. The van der Waals surface area contributed by atoms with Gasteiger partial charge in [-0.25, -0.2) is 13.8 Å². The van der Waals surface area contributed by atoms with Crippen LogP contribution in [0.25, 0.3) is 0 Å². The number of halogens is 4. The summed E-state index contributed by atoms with van der Waals surface area (Å²) in [4.78, 5) is 5.91. The predicted molar refractivity (Wildman–Crippen MR) is 93.6 cm³/mol. The van der Waals surface area contributed by atoms with E-state index in [9.17, 15) is 22.8 Å². The number of ether oxygens (including phenoxy) is 1. The van der Waals surface area contributed by atoms with Crippen LogP contribution in [0.2, 0.25) is 0 Å². The molecule has 0 spiro atoms. The molecule has 1 fully saturated rings. The maximum absolute atomic E-state index is 14.0. The van der Waals surface area contributed by atoms with Crippen LogP contribution < -0.4 is 4.74 Å². The zero-order valence-electron chi connectivity index (χ0n) is 15.5. The molecule has 9 heteroatoms. The first-order chi connectivity index (χ1) is 13.2. The fourth-order valence-electron chi connectivity index (χ4n) is 3.38. The monoisotopic (exact) mass is 397 g/mol. The number of pyridine rings is 1. The van der Waals surface area contributed by atoms with Gasteiger partial charge >= 0.3 is 0 Å². The highest BCUT2D eigenvalue weighted by Crippen LogP contribution is 2.34. The molecule has 3 rings (SSSR count). The van der Waals surface area contributed by atoms with Crippen molar-refractivity contribution in [2.24, 2.45) is 5.16 Å². The average Bonchev–Trinajstić information content (AvgIpc) is 2.98. The number of amidine groups is 1. The number of hydrogen-bond donors (Lipinski definition) is 1. The van der Waals surface area contributed by atoms with Crippen molar-refractivity contribution in [2.45, 2.75) is 45.7 Å². The van der Waals surface area contributed by atoms with Gasteiger partial charge in [-0.05, 0) is 45.7 Å². The molecule has 2 atom stereocenters. The Morgan fingerprint density at radius 2 is 1.68 bits per heavy atom. The van der Waals surface area contributed by atoms with Gasteiger partial charge in [0.15, 0.2) is 17.5 Å². The van der Waals surface area contributed by atoms with Crippen molar-refractivity contribution in [3.63, 3.8) is 0 Å². The summed E-state index contributed by atoms with van der Waals surface area (Å²) >= 11 is 0. The molecule has 2 aromatic rings. The topological polar surface area (TPSA) is 58.0 Å². The van der Waals surface area contributed by atoms with Crippen LogP contribution in [0.5, 0.6) is 11.6 Å². The molecule has 0 saturated carbocycles. The molecule has 5 nitrogen and oxygen atoms in total. The average molecular weight is 397 g/mol. The Morgan fingerprint density at radius 1 is 1.11 bits per heavy atom. The number of rotatable bonds is 3. The molecular formula is C19H19F4N3O2. The Hall–Kier alpha value is -2.84. The Morgan fingerprint density at radius 3 is 2.21 bits per heavy atom. The molecule has 0 bridgehead atoms. The molecule has 1 aromatic carbocycles. The van der Waals surface area contributed by atoms with Gasteiger partial charge in [-0.2, -0.15) is 8.78 Å². The second-order valence-corrected chi connectivity index (χ2v) is 6.81. The highest BCUT2D eigenvalue weighted by atomic mass is 19.2. The molecule has 28 heavy (non-hydrogen) atoms. The van der Waals surface area contributed by atoms with Crippen LogP contribution in [0.4, 0.5) is 17.6 Å². The quantitative estimate of drug-likeness (QED) is 0.203. The van der Waals surface area contributed by atoms with E-state index in [-0.39, 0.29) is 35.4 Å².